The highest BCUT2D eigenvalue weighted by Crippen LogP contribution is 2.40. The average molecular weight is 481 g/mol. The molecule has 0 atom stereocenters. The summed E-state index contributed by atoms with van der Waals surface area (Å²) >= 11 is 6.40. The summed E-state index contributed by atoms with van der Waals surface area (Å²) in [6, 6.07) is 14.4. The summed E-state index contributed by atoms with van der Waals surface area (Å²) in [5, 5.41) is 13.1. The number of rotatable bonds is 8. The quantitative estimate of drug-likeness (QED) is 0.288. The van der Waals surface area contributed by atoms with Crippen LogP contribution < -0.4 is 4.90 Å². The SMILES string of the molecule is CCOC(=O)N(c1ccccc1Cl)c1c(C)noc1-c1ccc(C#CCCCCC(=O)O)cc1. The number of amides is 1. The van der Waals surface area contributed by atoms with Crippen molar-refractivity contribution in [1.82, 2.24) is 5.16 Å². The maximum absolute atomic E-state index is 12.9. The van der Waals surface area contributed by atoms with Crippen molar-refractivity contribution in [2.75, 3.05) is 11.5 Å². The van der Waals surface area contributed by atoms with E-state index >= 15 is 0 Å². The van der Waals surface area contributed by atoms with Gasteiger partial charge in [0.2, 0.25) is 0 Å². The monoisotopic (exact) mass is 480 g/mol. The summed E-state index contributed by atoms with van der Waals surface area (Å²) in [4.78, 5) is 24.9. The molecule has 1 N–H and O–H groups in total. The van der Waals surface area contributed by atoms with E-state index in [1.165, 1.54) is 4.90 Å². The first-order valence-corrected chi connectivity index (χ1v) is 11.3. The third-order valence-electron chi connectivity index (χ3n) is 4.92. The fourth-order valence-electron chi connectivity index (χ4n) is 3.31. The first-order valence-electron chi connectivity index (χ1n) is 10.9. The number of para-hydroxylation sites is 1. The Morgan fingerprint density at radius 2 is 1.88 bits per heavy atom. The van der Waals surface area contributed by atoms with Crippen molar-refractivity contribution in [3.63, 3.8) is 0 Å². The number of carboxylic acids is 1. The van der Waals surface area contributed by atoms with Gasteiger partial charge in [-0.2, -0.15) is 0 Å². The zero-order valence-corrected chi connectivity index (χ0v) is 19.8. The molecule has 1 aromatic heterocycles. The fraction of sp³-hybridized carbons (Fsp3) is 0.269. The summed E-state index contributed by atoms with van der Waals surface area (Å²) in [6.45, 7) is 3.68. The second-order valence-electron chi connectivity index (χ2n) is 7.41. The summed E-state index contributed by atoms with van der Waals surface area (Å²) in [5.74, 6) is 5.75. The van der Waals surface area contributed by atoms with Gasteiger partial charge in [0.25, 0.3) is 0 Å². The van der Waals surface area contributed by atoms with Gasteiger partial charge in [-0.25, -0.2) is 9.69 Å². The molecule has 2 aromatic carbocycles. The van der Waals surface area contributed by atoms with Gasteiger partial charge in [0.05, 0.1) is 17.3 Å². The van der Waals surface area contributed by atoms with Crippen molar-refractivity contribution in [2.24, 2.45) is 0 Å². The minimum Gasteiger partial charge on any atom is -0.481 e. The van der Waals surface area contributed by atoms with Gasteiger partial charge < -0.3 is 14.4 Å². The number of hydrogen-bond acceptors (Lipinski definition) is 5. The number of aliphatic carboxylic acids is 1. The van der Waals surface area contributed by atoms with Gasteiger partial charge in [-0.1, -0.05) is 40.7 Å². The first-order chi connectivity index (χ1) is 16.4. The molecule has 0 unspecified atom stereocenters. The molecule has 0 saturated carbocycles. The average Bonchev–Trinajstić information content (AvgIpc) is 3.19. The van der Waals surface area contributed by atoms with Crippen LogP contribution in [0, 0.1) is 18.8 Å². The number of aromatic nitrogens is 1. The molecule has 1 heterocycles. The number of anilines is 2. The van der Waals surface area contributed by atoms with E-state index in [1.54, 1.807) is 38.1 Å². The minimum absolute atomic E-state index is 0.159. The van der Waals surface area contributed by atoms with E-state index < -0.39 is 12.1 Å². The molecule has 0 fully saturated rings. The van der Waals surface area contributed by atoms with Crippen molar-refractivity contribution in [3.8, 4) is 23.2 Å². The Balaban J connectivity index is 1.88. The van der Waals surface area contributed by atoms with Crippen LogP contribution in [0.3, 0.4) is 0 Å². The van der Waals surface area contributed by atoms with Crippen LogP contribution in [0.25, 0.3) is 11.3 Å². The van der Waals surface area contributed by atoms with Gasteiger partial charge >= 0.3 is 12.1 Å². The Bertz CT molecular complexity index is 1210. The number of carbonyl (C=O) groups is 2. The molecule has 0 aliphatic heterocycles. The summed E-state index contributed by atoms with van der Waals surface area (Å²) in [7, 11) is 0. The van der Waals surface area contributed by atoms with Crippen molar-refractivity contribution in [2.45, 2.75) is 39.5 Å². The van der Waals surface area contributed by atoms with Gasteiger partial charge in [-0.05, 0) is 63.1 Å². The second kappa shape index (κ2) is 11.9. The third-order valence-corrected chi connectivity index (χ3v) is 5.24. The molecule has 3 aromatic rings. The highest BCUT2D eigenvalue weighted by molar-refractivity contribution is 6.34. The molecular weight excluding hydrogens is 456 g/mol. The number of ether oxygens (including phenoxy) is 1. The lowest BCUT2D eigenvalue weighted by Crippen LogP contribution is -2.27. The lowest BCUT2D eigenvalue weighted by atomic mass is 10.1. The van der Waals surface area contributed by atoms with Crippen LogP contribution in [0.5, 0.6) is 0 Å². The zero-order chi connectivity index (χ0) is 24.5. The molecule has 0 radical (unpaired) electrons. The fourth-order valence-corrected chi connectivity index (χ4v) is 3.53. The summed E-state index contributed by atoms with van der Waals surface area (Å²) in [5.41, 5.74) is 2.94. The van der Waals surface area contributed by atoms with Crippen molar-refractivity contribution >= 4 is 35.0 Å². The van der Waals surface area contributed by atoms with Gasteiger partial charge in [-0.15, -0.1) is 0 Å². The smallest absolute Gasteiger partial charge is 0.419 e. The van der Waals surface area contributed by atoms with Gasteiger partial charge in [0, 0.05) is 24.0 Å². The Labute approximate surface area is 203 Å². The number of carbonyl (C=O) groups excluding carboxylic acids is 1. The van der Waals surface area contributed by atoms with Crippen LogP contribution in [-0.2, 0) is 9.53 Å². The van der Waals surface area contributed by atoms with Crippen LogP contribution in [0.2, 0.25) is 5.02 Å². The standard InChI is InChI=1S/C26H25ClN2O5/c1-3-33-26(32)29(22-12-9-8-11-21(22)27)24-18(2)28-34-25(24)20-16-14-19(15-17-20)10-6-4-5-7-13-23(30)31/h8-9,11-12,14-17H,3-5,7,13H2,1-2H3,(H,30,31). The van der Waals surface area contributed by atoms with Crippen LogP contribution in [0.1, 0.15) is 43.9 Å². The molecular formula is C26H25ClN2O5. The van der Waals surface area contributed by atoms with Crippen molar-refractivity contribution in [1.29, 1.82) is 0 Å². The minimum atomic E-state index is -0.790. The number of unbranched alkanes of at least 4 members (excludes halogenated alkanes) is 2. The number of aryl methyl sites for hydroxylation is 1. The van der Waals surface area contributed by atoms with Crippen LogP contribution in [0.4, 0.5) is 16.2 Å². The van der Waals surface area contributed by atoms with Gasteiger partial charge in [-0.3, -0.25) is 4.79 Å². The van der Waals surface area contributed by atoms with Crippen LogP contribution >= 0.6 is 11.6 Å². The van der Waals surface area contributed by atoms with E-state index in [1.807, 2.05) is 24.3 Å². The molecule has 0 aliphatic rings. The molecule has 176 valence electrons. The Hall–Kier alpha value is -3.76. The van der Waals surface area contributed by atoms with E-state index in [-0.39, 0.29) is 13.0 Å². The Morgan fingerprint density at radius 3 is 2.56 bits per heavy atom. The number of nitrogens with zero attached hydrogens (tertiary/aromatic N) is 2. The van der Waals surface area contributed by atoms with E-state index in [2.05, 4.69) is 17.0 Å². The second-order valence-corrected chi connectivity index (χ2v) is 7.82. The predicted octanol–water partition coefficient (Wildman–Crippen LogP) is 6.59. The molecule has 0 aliphatic carbocycles. The van der Waals surface area contributed by atoms with Crippen molar-refractivity contribution in [3.05, 3.63) is 64.8 Å². The van der Waals surface area contributed by atoms with Gasteiger partial charge in [0.1, 0.15) is 11.4 Å². The molecule has 1 amide bonds. The normalized spacial score (nSPS) is 10.3. The molecule has 7 nitrogen and oxygen atoms in total. The molecule has 3 rings (SSSR count). The molecule has 8 heteroatoms. The van der Waals surface area contributed by atoms with E-state index in [0.717, 1.165) is 12.0 Å². The van der Waals surface area contributed by atoms with E-state index in [9.17, 15) is 9.59 Å². The number of halogens is 1. The highest BCUT2D eigenvalue weighted by Gasteiger charge is 2.29. The van der Waals surface area contributed by atoms with E-state index in [4.69, 9.17) is 26.0 Å². The topological polar surface area (TPSA) is 92.9 Å². The molecule has 0 bridgehead atoms. The third kappa shape index (κ3) is 6.18. The van der Waals surface area contributed by atoms with Crippen molar-refractivity contribution < 1.29 is 24.0 Å². The predicted molar refractivity (Wildman–Crippen MR) is 130 cm³/mol. The largest absolute Gasteiger partial charge is 0.481 e. The maximum Gasteiger partial charge on any atom is 0.419 e. The lowest BCUT2D eigenvalue weighted by Gasteiger charge is -2.23. The number of carboxylic acid groups (broad SMARTS) is 1. The Kier molecular flexibility index (Phi) is 8.72. The van der Waals surface area contributed by atoms with E-state index in [0.29, 0.717) is 46.3 Å². The summed E-state index contributed by atoms with van der Waals surface area (Å²) in [6.07, 6.45) is 1.55. The molecule has 34 heavy (non-hydrogen) atoms. The van der Waals surface area contributed by atoms with Crippen LogP contribution in [-0.4, -0.2) is 28.9 Å². The summed E-state index contributed by atoms with van der Waals surface area (Å²) < 4.78 is 10.9. The highest BCUT2D eigenvalue weighted by atomic mass is 35.5. The first kappa shape index (κ1) is 24.9. The maximum atomic E-state index is 12.9. The number of benzene rings is 2. The molecule has 0 saturated heterocycles. The zero-order valence-electron chi connectivity index (χ0n) is 19.0. The Morgan fingerprint density at radius 1 is 1.15 bits per heavy atom. The lowest BCUT2D eigenvalue weighted by molar-refractivity contribution is -0.137. The van der Waals surface area contributed by atoms with Gasteiger partial charge in [0.15, 0.2) is 5.76 Å². The van der Waals surface area contributed by atoms with Crippen LogP contribution in [0.15, 0.2) is 53.1 Å². The molecule has 0 spiro atoms. The number of hydrogen-bond donors (Lipinski definition) is 1.